The van der Waals surface area contributed by atoms with Gasteiger partial charge in [0.25, 0.3) is 5.91 Å². The number of nitrogens with zero attached hydrogens (tertiary/aromatic N) is 1. The van der Waals surface area contributed by atoms with Crippen molar-refractivity contribution in [1.29, 1.82) is 0 Å². The molecule has 2 fully saturated rings. The minimum atomic E-state index is -1.05. The number of nitrogens with one attached hydrogen (secondary N) is 3. The molecule has 2 heterocycles. The summed E-state index contributed by atoms with van der Waals surface area (Å²) < 4.78 is 11.7. The molecule has 0 saturated carbocycles. The Morgan fingerprint density at radius 3 is 2.27 bits per heavy atom. The quantitative estimate of drug-likeness (QED) is 0.267. The van der Waals surface area contributed by atoms with E-state index in [4.69, 9.17) is 9.47 Å². The van der Waals surface area contributed by atoms with Gasteiger partial charge in [-0.1, -0.05) is 40.2 Å². The van der Waals surface area contributed by atoms with Crippen LogP contribution in [-0.4, -0.2) is 83.0 Å². The number of ketones is 1. The summed E-state index contributed by atoms with van der Waals surface area (Å²) in [5, 5.41) is 7.96. The fourth-order valence-electron chi connectivity index (χ4n) is 5.36. The molecule has 2 aliphatic rings. The maximum atomic E-state index is 14.2. The second kappa shape index (κ2) is 13.4. The molecule has 0 radical (unpaired) electrons. The number of rotatable bonds is 10. The van der Waals surface area contributed by atoms with Gasteiger partial charge in [-0.15, -0.1) is 6.58 Å². The lowest BCUT2D eigenvalue weighted by Gasteiger charge is -2.39. The van der Waals surface area contributed by atoms with Crippen LogP contribution in [0.3, 0.4) is 0 Å². The molecule has 11 heteroatoms. The standard InChI is InChI=1S/C30H50N4O7/c1-11-13-19(22(35)25(37)31-16-12-2)32-24(36)21-18-14-15-30(9,10)40-20(18)17-34(21)26(38)23(28(3,4)5)33-27(39)41-29(6,7)8/h12,18-21,23H,2,11,13-17H2,1,3-10H3,(H,31,37)(H,32,36)(H,33,39)/t18?,19?,20?,21-,23+/m0/s1. The van der Waals surface area contributed by atoms with Gasteiger partial charge in [0, 0.05) is 19.0 Å². The second-order valence-corrected chi connectivity index (χ2v) is 13.7. The fourth-order valence-corrected chi connectivity index (χ4v) is 5.36. The maximum Gasteiger partial charge on any atom is 0.408 e. The van der Waals surface area contributed by atoms with Crippen LogP contribution in [0.15, 0.2) is 12.7 Å². The maximum absolute atomic E-state index is 14.2. The third-order valence-electron chi connectivity index (χ3n) is 7.31. The molecular formula is C30H50N4O7. The Hall–Kier alpha value is -2.95. The van der Waals surface area contributed by atoms with E-state index in [0.29, 0.717) is 19.3 Å². The normalized spacial score (nSPS) is 23.4. The lowest BCUT2D eigenvalue weighted by molar-refractivity contribution is -0.145. The van der Waals surface area contributed by atoms with Crippen LogP contribution in [-0.2, 0) is 28.7 Å². The summed E-state index contributed by atoms with van der Waals surface area (Å²) in [4.78, 5) is 67.6. The zero-order chi connectivity index (χ0) is 31.3. The molecule has 2 rings (SSSR count). The van der Waals surface area contributed by atoms with Crippen molar-refractivity contribution in [3.63, 3.8) is 0 Å². The highest BCUT2D eigenvalue weighted by Gasteiger charge is 2.54. The van der Waals surface area contributed by atoms with Gasteiger partial charge in [0.2, 0.25) is 17.6 Å². The van der Waals surface area contributed by atoms with E-state index in [9.17, 15) is 24.0 Å². The fraction of sp³-hybridized carbons (Fsp3) is 0.767. The monoisotopic (exact) mass is 578 g/mol. The van der Waals surface area contributed by atoms with Gasteiger partial charge in [-0.3, -0.25) is 19.2 Å². The van der Waals surface area contributed by atoms with Crippen molar-refractivity contribution >= 4 is 29.6 Å². The number of carbonyl (C=O) groups excluding carboxylic acids is 5. The van der Waals surface area contributed by atoms with Crippen molar-refractivity contribution < 1.29 is 33.4 Å². The predicted molar refractivity (Wildman–Crippen MR) is 155 cm³/mol. The molecule has 5 atom stereocenters. The highest BCUT2D eigenvalue weighted by Crippen LogP contribution is 2.41. The molecule has 11 nitrogen and oxygen atoms in total. The van der Waals surface area contributed by atoms with Gasteiger partial charge in [-0.05, 0) is 59.3 Å². The number of alkyl carbamates (subject to hydrolysis) is 1. The Morgan fingerprint density at radius 2 is 1.73 bits per heavy atom. The number of amides is 4. The van der Waals surface area contributed by atoms with E-state index >= 15 is 0 Å². The molecule has 2 saturated heterocycles. The molecule has 3 N–H and O–H groups in total. The van der Waals surface area contributed by atoms with Crippen LogP contribution in [0.2, 0.25) is 0 Å². The number of likely N-dealkylation sites (tertiary alicyclic amines) is 1. The molecule has 0 bridgehead atoms. The van der Waals surface area contributed by atoms with E-state index < -0.39 is 70.4 Å². The lowest BCUT2D eigenvalue weighted by Crippen LogP contribution is -2.60. The summed E-state index contributed by atoms with van der Waals surface area (Å²) in [5.74, 6) is -2.85. The van der Waals surface area contributed by atoms with E-state index in [-0.39, 0.29) is 25.4 Å². The summed E-state index contributed by atoms with van der Waals surface area (Å²) in [6.45, 7) is 20.3. The number of hydrogen-bond donors (Lipinski definition) is 3. The smallest absolute Gasteiger partial charge is 0.408 e. The Kier molecular flexibility index (Phi) is 11.2. The van der Waals surface area contributed by atoms with Crippen molar-refractivity contribution in [1.82, 2.24) is 20.9 Å². The Morgan fingerprint density at radius 1 is 1.10 bits per heavy atom. The van der Waals surface area contributed by atoms with Gasteiger partial charge in [0.15, 0.2) is 0 Å². The molecule has 3 unspecified atom stereocenters. The van der Waals surface area contributed by atoms with Crippen LogP contribution < -0.4 is 16.0 Å². The van der Waals surface area contributed by atoms with E-state index in [1.807, 2.05) is 41.5 Å². The molecule has 0 spiro atoms. The largest absolute Gasteiger partial charge is 0.444 e. The minimum absolute atomic E-state index is 0.123. The third kappa shape index (κ3) is 9.28. The van der Waals surface area contributed by atoms with Crippen molar-refractivity contribution in [3.05, 3.63) is 12.7 Å². The zero-order valence-electron chi connectivity index (χ0n) is 26.2. The van der Waals surface area contributed by atoms with E-state index in [1.54, 1.807) is 20.8 Å². The molecule has 0 aromatic carbocycles. The Bertz CT molecular complexity index is 1010. The summed E-state index contributed by atoms with van der Waals surface area (Å²) in [6.07, 6.45) is 2.44. The SMILES string of the molecule is C=CCNC(=O)C(=O)C(CCC)NC(=O)[C@@H]1C2CCC(C)(C)OC2CN1C(=O)[C@@H](NC(=O)OC(C)(C)C)C(C)(C)C. The van der Waals surface area contributed by atoms with Crippen LogP contribution in [0.25, 0.3) is 0 Å². The Balaban J connectivity index is 2.41. The lowest BCUT2D eigenvalue weighted by atomic mass is 9.83. The average molecular weight is 579 g/mol. The number of fused-ring (bicyclic) bond motifs is 1. The van der Waals surface area contributed by atoms with Gasteiger partial charge in [-0.2, -0.15) is 0 Å². The highest BCUT2D eigenvalue weighted by molar-refractivity contribution is 6.38. The molecule has 0 aliphatic carbocycles. The number of Topliss-reactive ketones (excluding diaryl/α,β-unsaturated/α-hetero) is 1. The minimum Gasteiger partial charge on any atom is -0.444 e. The first kappa shape index (κ1) is 34.3. The van der Waals surface area contributed by atoms with Gasteiger partial charge in [0.1, 0.15) is 17.7 Å². The first-order chi connectivity index (χ1) is 18.8. The topological polar surface area (TPSA) is 143 Å². The van der Waals surface area contributed by atoms with Crippen molar-refractivity contribution in [2.75, 3.05) is 13.1 Å². The van der Waals surface area contributed by atoms with Gasteiger partial charge in [0.05, 0.1) is 17.7 Å². The molecule has 2 aliphatic heterocycles. The molecule has 0 aromatic rings. The first-order valence-electron chi connectivity index (χ1n) is 14.5. The van der Waals surface area contributed by atoms with Crippen LogP contribution in [0.1, 0.15) is 88.0 Å². The van der Waals surface area contributed by atoms with Crippen molar-refractivity contribution in [3.8, 4) is 0 Å². The first-order valence-corrected chi connectivity index (χ1v) is 14.5. The van der Waals surface area contributed by atoms with Gasteiger partial charge in [-0.25, -0.2) is 4.79 Å². The molecular weight excluding hydrogens is 528 g/mol. The van der Waals surface area contributed by atoms with Crippen molar-refractivity contribution in [2.24, 2.45) is 11.3 Å². The number of hydrogen-bond acceptors (Lipinski definition) is 7. The van der Waals surface area contributed by atoms with E-state index in [2.05, 4.69) is 22.5 Å². The third-order valence-corrected chi connectivity index (χ3v) is 7.31. The van der Waals surface area contributed by atoms with Crippen LogP contribution in [0.4, 0.5) is 4.79 Å². The van der Waals surface area contributed by atoms with Gasteiger partial charge >= 0.3 is 6.09 Å². The summed E-state index contributed by atoms with van der Waals surface area (Å²) in [7, 11) is 0. The van der Waals surface area contributed by atoms with E-state index in [1.165, 1.54) is 11.0 Å². The number of ether oxygens (including phenoxy) is 2. The summed E-state index contributed by atoms with van der Waals surface area (Å²) in [6, 6.07) is -3.00. The number of carbonyl (C=O) groups is 5. The second-order valence-electron chi connectivity index (χ2n) is 13.7. The van der Waals surface area contributed by atoms with Gasteiger partial charge < -0.3 is 30.3 Å². The highest BCUT2D eigenvalue weighted by atomic mass is 16.6. The molecule has 4 amide bonds. The zero-order valence-corrected chi connectivity index (χ0v) is 26.2. The summed E-state index contributed by atoms with van der Waals surface area (Å²) in [5.41, 5.74) is -1.91. The van der Waals surface area contributed by atoms with E-state index in [0.717, 1.165) is 0 Å². The predicted octanol–water partition coefficient (Wildman–Crippen LogP) is 2.87. The summed E-state index contributed by atoms with van der Waals surface area (Å²) >= 11 is 0. The molecule has 0 aromatic heterocycles. The molecule has 232 valence electrons. The molecule has 41 heavy (non-hydrogen) atoms. The van der Waals surface area contributed by atoms with Crippen LogP contribution >= 0.6 is 0 Å². The average Bonchev–Trinajstić information content (AvgIpc) is 3.20. The Labute approximate surface area is 244 Å². The van der Waals surface area contributed by atoms with Crippen molar-refractivity contribution in [2.45, 2.75) is 123 Å². The van der Waals surface area contributed by atoms with Crippen LogP contribution in [0, 0.1) is 11.3 Å². The van der Waals surface area contributed by atoms with Crippen LogP contribution in [0.5, 0.6) is 0 Å².